The van der Waals surface area contributed by atoms with E-state index in [1.165, 1.54) is 30.4 Å². The maximum Gasteiger partial charge on any atom is 0.179 e. The molecule has 0 saturated heterocycles. The third-order valence-electron chi connectivity index (χ3n) is 4.23. The van der Waals surface area contributed by atoms with Gasteiger partial charge in [-0.25, -0.2) is 0 Å². The molecule has 116 valence electrons. The van der Waals surface area contributed by atoms with Crippen molar-refractivity contribution in [1.82, 2.24) is 0 Å². The first-order chi connectivity index (χ1) is 11.6. The molecule has 2 aromatic rings. The molecule has 2 aliphatic carbocycles. The van der Waals surface area contributed by atoms with Crippen LogP contribution >= 0.6 is 0 Å². The van der Waals surface area contributed by atoms with Crippen LogP contribution in [0.5, 0.6) is 5.75 Å². The Morgan fingerprint density at radius 2 is 1.71 bits per heavy atom. The van der Waals surface area contributed by atoms with E-state index in [9.17, 15) is 19.8 Å². The molecule has 0 bridgehead atoms. The highest BCUT2D eigenvalue weighted by molar-refractivity contribution is 6.18. The zero-order valence-electron chi connectivity index (χ0n) is 12.4. The minimum absolute atomic E-state index is 0.0729. The number of carbonyl (C=O) groups is 2. The smallest absolute Gasteiger partial charge is 0.179 e. The second-order valence-corrected chi connectivity index (χ2v) is 5.62. The molecule has 0 aromatic heterocycles. The van der Waals surface area contributed by atoms with Crippen molar-refractivity contribution < 1.29 is 19.8 Å². The predicted octanol–water partition coefficient (Wildman–Crippen LogP) is 1.46. The molecule has 0 fully saturated rings. The highest BCUT2D eigenvalue weighted by atomic mass is 16.4. The number of hydrogen-bond donors (Lipinski definition) is 0. The molecule has 0 amide bonds. The molecule has 4 nitrogen and oxygen atoms in total. The van der Waals surface area contributed by atoms with Gasteiger partial charge in [-0.3, -0.25) is 4.79 Å². The molecular weight excluding hydrogens is 304 g/mol. The molecule has 0 spiro atoms. The first-order valence-electron chi connectivity index (χ1n) is 7.37. The van der Waals surface area contributed by atoms with Crippen LogP contribution in [0.25, 0.3) is 11.1 Å². The fourth-order valence-electron chi connectivity index (χ4n) is 3.24. The molecule has 2 aromatic carbocycles. The van der Waals surface area contributed by atoms with Gasteiger partial charge in [-0.1, -0.05) is 42.5 Å². The Kier molecular flexibility index (Phi) is 3.00. The number of ketones is 1. The van der Waals surface area contributed by atoms with Crippen molar-refractivity contribution in [2.75, 3.05) is 0 Å². The number of hydrogen-bond acceptors (Lipinski definition) is 4. The molecule has 4 heteroatoms. The largest absolute Gasteiger partial charge is 0.872 e. The number of rotatable bonds is 2. The lowest BCUT2D eigenvalue weighted by Crippen LogP contribution is -2.23. The second kappa shape index (κ2) is 5.06. The van der Waals surface area contributed by atoms with Crippen LogP contribution in [0.15, 0.2) is 66.3 Å². The highest BCUT2D eigenvalue weighted by Gasteiger charge is 2.29. The zero-order chi connectivity index (χ0) is 16.8. The predicted molar refractivity (Wildman–Crippen MR) is 84.8 cm³/mol. The Labute approximate surface area is 137 Å². The molecule has 0 atom stereocenters. The summed E-state index contributed by atoms with van der Waals surface area (Å²) in [5.74, 6) is -1.59. The molecular formula is C20H10O4-2. The fourth-order valence-corrected chi connectivity index (χ4v) is 3.24. The van der Waals surface area contributed by atoms with E-state index in [1.807, 2.05) is 0 Å². The lowest BCUT2D eigenvalue weighted by Gasteiger charge is -2.14. The van der Waals surface area contributed by atoms with Crippen LogP contribution in [0.3, 0.4) is 0 Å². The Bertz CT molecular complexity index is 1010. The number of benzene rings is 2. The molecule has 24 heavy (non-hydrogen) atoms. The molecule has 0 unspecified atom stereocenters. The van der Waals surface area contributed by atoms with E-state index < -0.39 is 5.97 Å². The molecule has 2 aliphatic rings. The summed E-state index contributed by atoms with van der Waals surface area (Å²) >= 11 is 0. The molecule has 0 aliphatic heterocycles. The van der Waals surface area contributed by atoms with Gasteiger partial charge in [0.25, 0.3) is 0 Å². The van der Waals surface area contributed by atoms with Crippen LogP contribution in [0.4, 0.5) is 0 Å². The second-order valence-electron chi connectivity index (χ2n) is 5.62. The van der Waals surface area contributed by atoms with Gasteiger partial charge in [-0.15, -0.1) is 5.75 Å². The molecule has 4 rings (SSSR count). The van der Waals surface area contributed by atoms with E-state index in [2.05, 4.69) is 0 Å². The number of carbonyl (C=O) groups excluding carboxylic acids is 2. The Morgan fingerprint density at radius 3 is 2.50 bits per heavy atom. The van der Waals surface area contributed by atoms with Crippen LogP contribution in [0, 0.1) is 0 Å². The SMILES string of the molecule is O=C1C=CC2=C(c3ccccc3C(=O)[O-])c3ccc([O-])cc3C2=C1. The van der Waals surface area contributed by atoms with Crippen LogP contribution < -0.4 is 10.2 Å². The summed E-state index contributed by atoms with van der Waals surface area (Å²) in [7, 11) is 0. The van der Waals surface area contributed by atoms with Gasteiger partial charge < -0.3 is 15.0 Å². The summed E-state index contributed by atoms with van der Waals surface area (Å²) in [5, 5.41) is 23.2. The minimum atomic E-state index is -1.27. The summed E-state index contributed by atoms with van der Waals surface area (Å²) in [6, 6.07) is 11.1. The molecule has 0 heterocycles. The maximum atomic E-state index is 11.8. The summed E-state index contributed by atoms with van der Waals surface area (Å²) in [4.78, 5) is 23.2. The van der Waals surface area contributed by atoms with Gasteiger partial charge in [-0.05, 0) is 51.6 Å². The fraction of sp³-hybridized carbons (Fsp3) is 0. The number of carboxylic acids is 1. The van der Waals surface area contributed by atoms with Crippen molar-refractivity contribution in [2.45, 2.75) is 0 Å². The maximum absolute atomic E-state index is 11.8. The van der Waals surface area contributed by atoms with Crippen molar-refractivity contribution in [2.24, 2.45) is 0 Å². The first kappa shape index (κ1) is 14.2. The normalized spacial score (nSPS) is 15.2. The van der Waals surface area contributed by atoms with Gasteiger partial charge in [0.2, 0.25) is 0 Å². The topological polar surface area (TPSA) is 80.3 Å². The third kappa shape index (κ3) is 2.01. The average Bonchev–Trinajstić information content (AvgIpc) is 2.87. The molecule has 0 saturated carbocycles. The summed E-state index contributed by atoms with van der Waals surface area (Å²) < 4.78 is 0. The van der Waals surface area contributed by atoms with E-state index in [-0.39, 0.29) is 17.1 Å². The summed E-state index contributed by atoms with van der Waals surface area (Å²) in [6.45, 7) is 0. The van der Waals surface area contributed by atoms with Gasteiger partial charge in [0.05, 0.1) is 5.97 Å². The Hall–Kier alpha value is -3.40. The van der Waals surface area contributed by atoms with Crippen molar-refractivity contribution >= 4 is 22.9 Å². The van der Waals surface area contributed by atoms with Crippen LogP contribution in [-0.4, -0.2) is 11.8 Å². The number of allylic oxidation sites excluding steroid dienone is 5. The van der Waals surface area contributed by atoms with Gasteiger partial charge in [0.15, 0.2) is 5.78 Å². The Balaban J connectivity index is 2.07. The number of aromatic carboxylic acids is 1. The van der Waals surface area contributed by atoms with Crippen LogP contribution in [0.2, 0.25) is 0 Å². The van der Waals surface area contributed by atoms with E-state index >= 15 is 0 Å². The van der Waals surface area contributed by atoms with Gasteiger partial charge in [-0.2, -0.15) is 0 Å². The van der Waals surface area contributed by atoms with E-state index in [0.29, 0.717) is 22.3 Å². The quantitative estimate of drug-likeness (QED) is 0.840. The van der Waals surface area contributed by atoms with Gasteiger partial charge >= 0.3 is 0 Å². The average molecular weight is 314 g/mol. The third-order valence-corrected chi connectivity index (χ3v) is 4.23. The van der Waals surface area contributed by atoms with Crippen LogP contribution in [-0.2, 0) is 4.79 Å². The summed E-state index contributed by atoms with van der Waals surface area (Å²) in [6.07, 6.45) is 4.58. The monoisotopic (exact) mass is 314 g/mol. The Morgan fingerprint density at radius 1 is 0.917 bits per heavy atom. The number of carboxylic acid groups (broad SMARTS) is 1. The van der Waals surface area contributed by atoms with E-state index in [4.69, 9.17) is 0 Å². The summed E-state index contributed by atoms with van der Waals surface area (Å²) in [5.41, 5.74) is 4.06. The van der Waals surface area contributed by atoms with Crippen molar-refractivity contribution in [1.29, 1.82) is 0 Å². The minimum Gasteiger partial charge on any atom is -0.872 e. The van der Waals surface area contributed by atoms with Gasteiger partial charge in [0.1, 0.15) is 0 Å². The van der Waals surface area contributed by atoms with Crippen molar-refractivity contribution in [3.8, 4) is 5.75 Å². The van der Waals surface area contributed by atoms with E-state index in [1.54, 1.807) is 30.3 Å². The molecule has 0 N–H and O–H groups in total. The van der Waals surface area contributed by atoms with Gasteiger partial charge in [0, 0.05) is 5.56 Å². The highest BCUT2D eigenvalue weighted by Crippen LogP contribution is 2.47. The number of fused-ring (bicyclic) bond motifs is 3. The standard InChI is InChI=1S/C20H12O4/c21-11-5-7-14-17(9-11)18-10-12(22)6-8-15(18)19(14)13-3-1-2-4-16(13)20(23)24/h1-10,21H,(H,23,24)/p-2. The zero-order valence-corrected chi connectivity index (χ0v) is 12.4. The first-order valence-corrected chi connectivity index (χ1v) is 7.37. The van der Waals surface area contributed by atoms with Crippen molar-refractivity contribution in [3.05, 3.63) is 88.5 Å². The van der Waals surface area contributed by atoms with E-state index in [0.717, 1.165) is 11.1 Å². The lowest BCUT2D eigenvalue weighted by atomic mass is 9.92. The van der Waals surface area contributed by atoms with Crippen LogP contribution in [0.1, 0.15) is 27.0 Å². The molecule has 0 radical (unpaired) electrons. The van der Waals surface area contributed by atoms with Crippen molar-refractivity contribution in [3.63, 3.8) is 0 Å². The lowest BCUT2D eigenvalue weighted by molar-refractivity contribution is -0.268.